The molecule has 43 heavy (non-hydrogen) atoms. The zero-order valence-electron chi connectivity index (χ0n) is 29.5. The van der Waals surface area contributed by atoms with Crippen LogP contribution in [-0.2, 0) is 35.5 Å². The summed E-state index contributed by atoms with van der Waals surface area (Å²) < 4.78 is 13.2. The number of hydrogen-bond donors (Lipinski definition) is 0. The van der Waals surface area contributed by atoms with Crippen molar-refractivity contribution < 1.29 is 18.3 Å². The molecule has 5 rings (SSSR count). The summed E-state index contributed by atoms with van der Waals surface area (Å²) in [5.74, 6) is 0.374. The van der Waals surface area contributed by atoms with Gasteiger partial charge in [0.05, 0.1) is 0 Å². The van der Waals surface area contributed by atoms with E-state index >= 15 is 0 Å². The quantitative estimate of drug-likeness (QED) is 0.206. The van der Waals surface area contributed by atoms with Crippen molar-refractivity contribution in [1.29, 1.82) is 0 Å². The van der Waals surface area contributed by atoms with Gasteiger partial charge >= 0.3 is 266 Å². The predicted octanol–water partition coefficient (Wildman–Crippen LogP) is 10.6. The van der Waals surface area contributed by atoms with Crippen LogP contribution >= 0.6 is 0 Å². The van der Waals surface area contributed by atoms with E-state index in [1.54, 1.807) is 23.3 Å². The van der Waals surface area contributed by atoms with Gasteiger partial charge in [-0.2, -0.15) is 0 Å². The Kier molecular flexibility index (Phi) is 7.66. The zero-order chi connectivity index (χ0) is 31.9. The Labute approximate surface area is 264 Å². The van der Waals surface area contributed by atoms with Gasteiger partial charge in [0.15, 0.2) is 0 Å². The Morgan fingerprint density at radius 3 is 1.93 bits per heavy atom. The fourth-order valence-electron chi connectivity index (χ4n) is 8.54. The topological polar surface area (TPSA) is 0 Å². The molecule has 2 aliphatic carbocycles. The molecule has 228 valence electrons. The average molecular weight is 652 g/mol. The van der Waals surface area contributed by atoms with Crippen molar-refractivity contribution in [3.05, 3.63) is 103 Å². The fraction of sp³-hybridized carbons (Fsp3) is 0.452. The first-order valence-electron chi connectivity index (χ1n) is 16.6. The number of rotatable bonds is 4. The Balaban J connectivity index is 1.96. The molecular formula is C42H56Zr. The minimum atomic E-state index is -4.53. The van der Waals surface area contributed by atoms with Gasteiger partial charge in [0.25, 0.3) is 0 Å². The molecule has 0 amide bonds. The third-order valence-electron chi connectivity index (χ3n) is 10.7. The third-order valence-corrected chi connectivity index (χ3v) is 25.5. The van der Waals surface area contributed by atoms with Gasteiger partial charge in [0.2, 0.25) is 0 Å². The molecular weight excluding hydrogens is 596 g/mol. The minimum absolute atomic E-state index is 0.00173. The number of benzene rings is 3. The maximum atomic E-state index is 5.71. The molecule has 0 radical (unpaired) electrons. The summed E-state index contributed by atoms with van der Waals surface area (Å²) in [4.78, 5) is 0. The molecule has 0 aliphatic heterocycles. The van der Waals surface area contributed by atoms with Crippen molar-refractivity contribution in [1.82, 2.24) is 0 Å². The molecule has 1 unspecified atom stereocenters. The van der Waals surface area contributed by atoms with Gasteiger partial charge in [0, 0.05) is 0 Å². The molecule has 1 atom stereocenters. The van der Waals surface area contributed by atoms with Crippen LogP contribution in [0, 0.1) is 18.3 Å². The molecule has 3 aromatic carbocycles. The summed E-state index contributed by atoms with van der Waals surface area (Å²) in [6.45, 7) is 28.4. The van der Waals surface area contributed by atoms with Crippen molar-refractivity contribution in [2.45, 2.75) is 111 Å². The first-order valence-corrected chi connectivity index (χ1v) is 24.5. The molecule has 0 bridgehead atoms. The Hall–Kier alpha value is -2.11. The summed E-state index contributed by atoms with van der Waals surface area (Å²) >= 11 is -4.53. The van der Waals surface area contributed by atoms with E-state index in [9.17, 15) is 0 Å². The standard InChI is InChI=1S/C21H25.C12H19.C7H7.CH3.CH2.Zr/c1-20(2,3)16-7-9-18-14(12-16)11-15-13-17(21(4,5)6)8-10-19(15)18;1-6-10-7-9(2)8-11(10)12(3,4)5;1-7-5-3-2-4-6-7;;;/h7-10,12H,11H2,1-6H3;8-9H,6H2,1-5H3;3-6H,1H3;1H3;1H2;. The van der Waals surface area contributed by atoms with Crippen LogP contribution in [0.4, 0.5) is 0 Å². The van der Waals surface area contributed by atoms with Crippen molar-refractivity contribution in [3.8, 4) is 11.1 Å². The molecule has 1 heteroatoms. The number of aryl methyl sites for hydroxylation is 1. The van der Waals surface area contributed by atoms with E-state index in [1.807, 2.05) is 0 Å². The zero-order valence-corrected chi connectivity index (χ0v) is 31.9. The third kappa shape index (κ3) is 5.11. The van der Waals surface area contributed by atoms with Crippen LogP contribution in [0.3, 0.4) is 0 Å². The molecule has 0 saturated heterocycles. The first-order chi connectivity index (χ1) is 19.7. The van der Waals surface area contributed by atoms with Crippen LogP contribution in [0.5, 0.6) is 0 Å². The molecule has 0 saturated carbocycles. The second-order valence-corrected chi connectivity index (χ2v) is 31.2. The van der Waals surface area contributed by atoms with Crippen LogP contribution in [0.25, 0.3) is 11.1 Å². The first kappa shape index (κ1) is 32.3. The van der Waals surface area contributed by atoms with Gasteiger partial charge in [-0.1, -0.05) is 0 Å². The number of fused-ring (bicyclic) bond motifs is 3. The van der Waals surface area contributed by atoms with E-state index in [1.165, 1.54) is 36.7 Å². The van der Waals surface area contributed by atoms with E-state index in [2.05, 4.69) is 148 Å². The molecule has 0 spiro atoms. The normalized spacial score (nSPS) is 17.7. The number of hydrogen-bond acceptors (Lipinski definition) is 0. The van der Waals surface area contributed by atoms with Crippen LogP contribution in [0.2, 0.25) is 4.63 Å². The molecule has 0 fully saturated rings. The van der Waals surface area contributed by atoms with Gasteiger partial charge in [-0.25, -0.2) is 0 Å². The molecule has 0 nitrogen and oxygen atoms in total. The molecule has 0 N–H and O–H groups in total. The van der Waals surface area contributed by atoms with E-state index < -0.39 is 18.3 Å². The predicted molar refractivity (Wildman–Crippen MR) is 190 cm³/mol. The van der Waals surface area contributed by atoms with Gasteiger partial charge in [-0.15, -0.1) is 0 Å². The van der Waals surface area contributed by atoms with Crippen LogP contribution < -0.4 is 6.54 Å². The Bertz CT molecular complexity index is 1730. The van der Waals surface area contributed by atoms with Gasteiger partial charge in [-0.05, 0) is 0 Å². The van der Waals surface area contributed by atoms with Crippen LogP contribution in [0.1, 0.15) is 110 Å². The second kappa shape index (κ2) is 10.2. The summed E-state index contributed by atoms with van der Waals surface area (Å²) in [7, 11) is 0. The summed E-state index contributed by atoms with van der Waals surface area (Å²) in [5.41, 5.74) is 13.5. The Morgan fingerprint density at radius 1 is 0.791 bits per heavy atom. The van der Waals surface area contributed by atoms with E-state index in [4.69, 9.17) is 4.21 Å². The monoisotopic (exact) mass is 650 g/mol. The van der Waals surface area contributed by atoms with Gasteiger partial charge < -0.3 is 0 Å². The number of allylic oxidation sites excluding steroid dienone is 4. The van der Waals surface area contributed by atoms with Crippen LogP contribution in [-0.4, -0.2) is 4.21 Å². The van der Waals surface area contributed by atoms with Crippen molar-refractivity contribution in [2.24, 2.45) is 11.3 Å². The molecule has 3 aromatic rings. The van der Waals surface area contributed by atoms with Crippen molar-refractivity contribution in [2.75, 3.05) is 0 Å². The molecule has 2 aliphatic rings. The van der Waals surface area contributed by atoms with E-state index in [0.29, 0.717) is 5.92 Å². The summed E-state index contributed by atoms with van der Waals surface area (Å²) in [5, 5.41) is 0. The Morgan fingerprint density at radius 2 is 1.40 bits per heavy atom. The summed E-state index contributed by atoms with van der Waals surface area (Å²) in [6.07, 6.45) is 4.65. The van der Waals surface area contributed by atoms with E-state index in [-0.39, 0.29) is 16.2 Å². The maximum absolute atomic E-state index is 5.71. The van der Waals surface area contributed by atoms with Gasteiger partial charge in [-0.3, -0.25) is 0 Å². The van der Waals surface area contributed by atoms with Crippen LogP contribution in [0.15, 0.2) is 75.1 Å². The second-order valence-electron chi connectivity index (χ2n) is 17.3. The average Bonchev–Trinajstić information content (AvgIpc) is 3.44. The van der Waals surface area contributed by atoms with Crippen molar-refractivity contribution >= 4 is 10.8 Å². The fourth-order valence-corrected chi connectivity index (χ4v) is 24.8. The SMILES string of the molecule is [CH2]=[Zr]([CH3])([C]1=C(CC)C(C(C)(C)C)=CC1C)([c]1ccc(C)cc1)[c]1c(C(C)(C)C)ccc2c1Cc1cc(C(C)(C)C)ccc1-2. The molecule has 0 aromatic heterocycles. The van der Waals surface area contributed by atoms with Gasteiger partial charge in [0.1, 0.15) is 0 Å². The molecule has 0 heterocycles. The summed E-state index contributed by atoms with van der Waals surface area (Å²) in [6, 6.07) is 21.8. The van der Waals surface area contributed by atoms with Crippen molar-refractivity contribution in [3.63, 3.8) is 0 Å². The van der Waals surface area contributed by atoms with E-state index in [0.717, 1.165) is 12.8 Å².